The minimum Gasteiger partial charge on any atom is -0.396 e. The monoisotopic (exact) mass is 160 g/mol. The van der Waals surface area contributed by atoms with E-state index >= 15 is 0 Å². The van der Waals surface area contributed by atoms with Crippen molar-refractivity contribution in [3.05, 3.63) is 0 Å². The van der Waals surface area contributed by atoms with Gasteiger partial charge in [0.1, 0.15) is 0 Å². The highest BCUT2D eigenvalue weighted by Crippen LogP contribution is 1.90. The van der Waals surface area contributed by atoms with Crippen molar-refractivity contribution >= 4 is 5.91 Å². The molecule has 11 heavy (non-hydrogen) atoms. The van der Waals surface area contributed by atoms with E-state index in [2.05, 4.69) is 0 Å². The number of hydrogen-bond acceptors (Lipinski definition) is 3. The molecule has 0 aromatic rings. The second kappa shape index (κ2) is 6.12. The molecule has 0 aliphatic carbocycles. The summed E-state index contributed by atoms with van der Waals surface area (Å²) in [6.45, 7) is 1.19. The van der Waals surface area contributed by atoms with Crippen LogP contribution in [-0.2, 0) is 4.79 Å². The van der Waals surface area contributed by atoms with Gasteiger partial charge in [-0.1, -0.05) is 0 Å². The van der Waals surface area contributed by atoms with Crippen molar-refractivity contribution in [1.82, 2.24) is 4.90 Å². The lowest BCUT2D eigenvalue weighted by Crippen LogP contribution is -2.29. The van der Waals surface area contributed by atoms with E-state index in [0.29, 0.717) is 13.1 Å². The minimum absolute atomic E-state index is 0.0269. The smallest absolute Gasteiger partial charge is 0.224 e. The molecule has 4 heteroatoms. The van der Waals surface area contributed by atoms with Gasteiger partial charge in [-0.25, -0.2) is 0 Å². The molecule has 0 aliphatic heterocycles. The predicted molar refractivity (Wildman–Crippen MR) is 43.0 cm³/mol. The molecule has 0 atom stereocenters. The highest BCUT2D eigenvalue weighted by atomic mass is 16.3. The van der Waals surface area contributed by atoms with Crippen LogP contribution in [0.25, 0.3) is 0 Å². The number of carbonyl (C=O) groups excluding carboxylic acids is 1. The third kappa shape index (κ3) is 4.75. The van der Waals surface area contributed by atoms with Crippen LogP contribution in [0.5, 0.6) is 0 Å². The van der Waals surface area contributed by atoms with Gasteiger partial charge in [0.25, 0.3) is 0 Å². The number of carbonyl (C=O) groups is 1. The van der Waals surface area contributed by atoms with Crippen molar-refractivity contribution < 1.29 is 9.90 Å². The fourth-order valence-electron chi connectivity index (χ4n) is 0.740. The Bertz CT molecular complexity index is 117. The Morgan fingerprint density at radius 3 is 2.73 bits per heavy atom. The fourth-order valence-corrected chi connectivity index (χ4v) is 0.740. The second-order valence-electron chi connectivity index (χ2n) is 2.43. The molecular formula is C7H16N2O2. The van der Waals surface area contributed by atoms with E-state index in [9.17, 15) is 4.79 Å². The van der Waals surface area contributed by atoms with Crippen molar-refractivity contribution in [3.8, 4) is 0 Å². The quantitative estimate of drug-likeness (QED) is 0.552. The Labute approximate surface area is 67.0 Å². The van der Waals surface area contributed by atoms with Gasteiger partial charge in [0, 0.05) is 20.0 Å². The van der Waals surface area contributed by atoms with E-state index in [1.54, 1.807) is 11.9 Å². The van der Waals surface area contributed by atoms with Crippen LogP contribution in [0.2, 0.25) is 0 Å². The lowest BCUT2D eigenvalue weighted by atomic mass is 10.3. The summed E-state index contributed by atoms with van der Waals surface area (Å²) in [6, 6.07) is 0. The summed E-state index contributed by atoms with van der Waals surface area (Å²) in [5.74, 6) is -0.0269. The fraction of sp³-hybridized carbons (Fsp3) is 0.857. The first-order chi connectivity index (χ1) is 5.22. The van der Waals surface area contributed by atoms with Gasteiger partial charge in [-0.3, -0.25) is 4.79 Å². The van der Waals surface area contributed by atoms with E-state index in [-0.39, 0.29) is 18.9 Å². The van der Waals surface area contributed by atoms with E-state index < -0.39 is 0 Å². The molecule has 1 amide bonds. The van der Waals surface area contributed by atoms with E-state index in [1.807, 2.05) is 0 Å². The van der Waals surface area contributed by atoms with Crippen LogP contribution >= 0.6 is 0 Å². The molecular weight excluding hydrogens is 144 g/mol. The van der Waals surface area contributed by atoms with Crippen molar-refractivity contribution in [2.24, 2.45) is 5.73 Å². The molecule has 3 N–H and O–H groups in total. The molecule has 0 rings (SSSR count). The molecule has 0 radical (unpaired) electrons. The summed E-state index contributed by atoms with van der Waals surface area (Å²) >= 11 is 0. The molecule has 0 fully saturated rings. The third-order valence-corrected chi connectivity index (χ3v) is 1.45. The van der Waals surface area contributed by atoms with Gasteiger partial charge >= 0.3 is 0 Å². The minimum atomic E-state index is -0.0776. The van der Waals surface area contributed by atoms with Gasteiger partial charge in [-0.2, -0.15) is 0 Å². The first-order valence-electron chi connectivity index (χ1n) is 3.77. The van der Waals surface area contributed by atoms with E-state index in [4.69, 9.17) is 10.8 Å². The summed E-state index contributed by atoms with van der Waals surface area (Å²) in [5.41, 5.74) is 5.26. The largest absolute Gasteiger partial charge is 0.396 e. The Morgan fingerprint density at radius 2 is 2.27 bits per heavy atom. The Balaban J connectivity index is 3.46. The average Bonchev–Trinajstić information content (AvgIpc) is 2.00. The normalized spacial score (nSPS) is 9.73. The lowest BCUT2D eigenvalue weighted by Gasteiger charge is -2.15. The highest BCUT2D eigenvalue weighted by molar-refractivity contribution is 5.75. The number of nitrogens with two attached hydrogens (primary N) is 1. The van der Waals surface area contributed by atoms with Crippen LogP contribution in [0.3, 0.4) is 0 Å². The Morgan fingerprint density at radius 1 is 1.64 bits per heavy atom. The van der Waals surface area contributed by atoms with Crippen LogP contribution in [0.1, 0.15) is 12.8 Å². The number of aliphatic hydroxyl groups excluding tert-OH is 1. The van der Waals surface area contributed by atoms with Crippen LogP contribution in [-0.4, -0.2) is 42.7 Å². The zero-order valence-electron chi connectivity index (χ0n) is 6.92. The number of nitrogens with zero attached hydrogens (tertiary/aromatic N) is 1. The third-order valence-electron chi connectivity index (χ3n) is 1.45. The molecule has 66 valence electrons. The van der Waals surface area contributed by atoms with Gasteiger partial charge in [0.15, 0.2) is 0 Å². The topological polar surface area (TPSA) is 66.6 Å². The molecule has 0 aromatic heterocycles. The summed E-state index contributed by atoms with van der Waals surface area (Å²) in [6.07, 6.45) is 1.02. The molecule has 0 aromatic carbocycles. The van der Waals surface area contributed by atoms with Crippen molar-refractivity contribution in [3.63, 3.8) is 0 Å². The molecule has 0 saturated heterocycles. The van der Waals surface area contributed by atoms with Crippen molar-refractivity contribution in [2.75, 3.05) is 26.7 Å². The van der Waals surface area contributed by atoms with Crippen molar-refractivity contribution in [1.29, 1.82) is 0 Å². The first kappa shape index (κ1) is 10.4. The van der Waals surface area contributed by atoms with Gasteiger partial charge in [-0.15, -0.1) is 0 Å². The van der Waals surface area contributed by atoms with Crippen LogP contribution in [0.15, 0.2) is 0 Å². The predicted octanol–water partition coefficient (Wildman–Crippen LogP) is -0.824. The lowest BCUT2D eigenvalue weighted by molar-refractivity contribution is -0.130. The first-order valence-corrected chi connectivity index (χ1v) is 3.77. The summed E-state index contributed by atoms with van der Waals surface area (Å²) in [4.78, 5) is 12.6. The van der Waals surface area contributed by atoms with Gasteiger partial charge < -0.3 is 15.7 Å². The molecule has 0 spiro atoms. The zero-order chi connectivity index (χ0) is 8.69. The summed E-state index contributed by atoms with van der Waals surface area (Å²) in [7, 11) is 1.72. The van der Waals surface area contributed by atoms with Crippen molar-refractivity contribution in [2.45, 2.75) is 12.8 Å². The molecule has 0 aliphatic rings. The standard InChI is InChI=1S/C7H16N2O2/c1-9(5-2-4-8)7(11)3-6-10/h10H,2-6,8H2,1H3. The van der Waals surface area contributed by atoms with Crippen LogP contribution in [0, 0.1) is 0 Å². The summed E-state index contributed by atoms with van der Waals surface area (Å²) < 4.78 is 0. The average molecular weight is 160 g/mol. The number of amides is 1. The second-order valence-corrected chi connectivity index (χ2v) is 2.43. The SMILES string of the molecule is CN(CCCN)C(=O)CCO. The maximum atomic E-state index is 11.0. The van der Waals surface area contributed by atoms with Crippen LogP contribution < -0.4 is 5.73 Å². The number of rotatable bonds is 5. The molecule has 4 nitrogen and oxygen atoms in total. The van der Waals surface area contributed by atoms with Crippen LogP contribution in [0.4, 0.5) is 0 Å². The Hall–Kier alpha value is -0.610. The molecule has 0 saturated carbocycles. The summed E-state index contributed by atoms with van der Waals surface area (Å²) in [5, 5.41) is 8.44. The Kier molecular flexibility index (Phi) is 5.78. The van der Waals surface area contributed by atoms with Gasteiger partial charge in [-0.05, 0) is 13.0 Å². The van der Waals surface area contributed by atoms with Gasteiger partial charge in [0.05, 0.1) is 6.61 Å². The molecule has 0 bridgehead atoms. The van der Waals surface area contributed by atoms with Gasteiger partial charge in [0.2, 0.25) is 5.91 Å². The van der Waals surface area contributed by atoms with E-state index in [0.717, 1.165) is 6.42 Å². The number of hydrogen-bond donors (Lipinski definition) is 2. The maximum Gasteiger partial charge on any atom is 0.224 e. The maximum absolute atomic E-state index is 11.0. The molecule has 0 heterocycles. The number of aliphatic hydroxyl groups is 1. The zero-order valence-corrected chi connectivity index (χ0v) is 6.92. The highest BCUT2D eigenvalue weighted by Gasteiger charge is 2.05. The molecule has 0 unspecified atom stereocenters. The van der Waals surface area contributed by atoms with E-state index in [1.165, 1.54) is 0 Å².